The van der Waals surface area contributed by atoms with Crippen LogP contribution in [0, 0.1) is 12.7 Å². The molecule has 7 heteroatoms. The molecule has 0 aliphatic carbocycles. The highest BCUT2D eigenvalue weighted by Crippen LogP contribution is 2.40. The summed E-state index contributed by atoms with van der Waals surface area (Å²) in [5, 5.41) is 3.02. The fraction of sp³-hybridized carbons (Fsp3) is 0.286. The second kappa shape index (κ2) is 8.65. The van der Waals surface area contributed by atoms with E-state index in [4.69, 9.17) is 14.2 Å². The second-order valence-corrected chi connectivity index (χ2v) is 7.25. The smallest absolute Gasteiger partial charge is 0.328 e. The summed E-state index contributed by atoms with van der Waals surface area (Å²) in [5.74, 6) is 0.308. The summed E-state index contributed by atoms with van der Waals surface area (Å²) in [6.07, 6.45) is 0.262. The highest BCUT2D eigenvalue weighted by molar-refractivity contribution is 9.10. The Bertz CT molecular complexity index is 895. The summed E-state index contributed by atoms with van der Waals surface area (Å²) in [7, 11) is 1.31. The van der Waals surface area contributed by atoms with Gasteiger partial charge in [0.15, 0.2) is 11.5 Å². The van der Waals surface area contributed by atoms with E-state index in [1.165, 1.54) is 13.2 Å². The van der Waals surface area contributed by atoms with Gasteiger partial charge in [-0.15, -0.1) is 0 Å². The van der Waals surface area contributed by atoms with E-state index in [0.717, 1.165) is 15.6 Å². The predicted octanol–water partition coefficient (Wildman–Crippen LogP) is 4.01. The normalized spacial score (nSPS) is 13.6. The van der Waals surface area contributed by atoms with Crippen molar-refractivity contribution in [2.75, 3.05) is 20.3 Å². The van der Waals surface area contributed by atoms with Crippen LogP contribution in [0.5, 0.6) is 11.5 Å². The van der Waals surface area contributed by atoms with Crippen molar-refractivity contribution in [3.8, 4) is 11.5 Å². The minimum Gasteiger partial charge on any atom is -0.486 e. The van der Waals surface area contributed by atoms with Crippen molar-refractivity contribution < 1.29 is 23.4 Å². The van der Waals surface area contributed by atoms with Crippen LogP contribution in [0.2, 0.25) is 0 Å². The van der Waals surface area contributed by atoms with Gasteiger partial charge in [0.25, 0.3) is 0 Å². The van der Waals surface area contributed by atoms with Gasteiger partial charge in [0.1, 0.15) is 25.1 Å². The maximum Gasteiger partial charge on any atom is 0.328 e. The van der Waals surface area contributed by atoms with Gasteiger partial charge in [-0.25, -0.2) is 9.18 Å². The Hall–Kier alpha value is -2.54. The van der Waals surface area contributed by atoms with Crippen LogP contribution in [0.1, 0.15) is 16.7 Å². The van der Waals surface area contributed by atoms with Gasteiger partial charge in [-0.1, -0.05) is 24.8 Å². The average Bonchev–Trinajstić information content (AvgIpc) is 2.69. The molecule has 0 bridgehead atoms. The lowest BCUT2D eigenvalue weighted by Gasteiger charge is -2.25. The number of carbonyl (C=O) groups is 1. The van der Waals surface area contributed by atoms with Gasteiger partial charge >= 0.3 is 5.97 Å². The van der Waals surface area contributed by atoms with Crippen LogP contribution in [-0.4, -0.2) is 32.3 Å². The van der Waals surface area contributed by atoms with Crippen molar-refractivity contribution in [2.45, 2.75) is 19.4 Å². The van der Waals surface area contributed by atoms with Gasteiger partial charge in [-0.05, 0) is 40.5 Å². The number of methoxy groups -OCH3 is 1. The molecule has 1 atom stereocenters. The first-order valence-corrected chi connectivity index (χ1v) is 9.57. The summed E-state index contributed by atoms with van der Waals surface area (Å²) in [5.41, 5.74) is 2.15. The minimum absolute atomic E-state index is 0.262. The molecule has 1 heterocycles. The number of esters is 1. The number of hydrogen-bond donors (Lipinski definition) is 1. The summed E-state index contributed by atoms with van der Waals surface area (Å²) < 4.78 is 31.4. The zero-order valence-corrected chi connectivity index (χ0v) is 17.3. The number of ether oxygens (including phenoxy) is 3. The summed E-state index contributed by atoms with van der Waals surface area (Å²) in [6, 6.07) is 7.70. The molecular formula is C21H21BrFNO4. The van der Waals surface area contributed by atoms with Gasteiger partial charge in [-0.3, -0.25) is 0 Å². The largest absolute Gasteiger partial charge is 0.486 e. The number of rotatable bonds is 6. The molecule has 2 aromatic carbocycles. The zero-order chi connectivity index (χ0) is 20.3. The summed E-state index contributed by atoms with van der Waals surface area (Å²) in [4.78, 5) is 12.4. The Labute approximate surface area is 171 Å². The third-order valence-corrected chi connectivity index (χ3v) is 5.13. The van der Waals surface area contributed by atoms with Crippen molar-refractivity contribution in [3.63, 3.8) is 0 Å². The number of nitrogens with one attached hydrogen (secondary N) is 1. The molecule has 1 aliphatic rings. The molecule has 5 nitrogen and oxygen atoms in total. The Kier molecular flexibility index (Phi) is 6.24. The molecule has 2 aromatic rings. The highest BCUT2D eigenvalue weighted by atomic mass is 79.9. The zero-order valence-electron chi connectivity index (χ0n) is 15.7. The van der Waals surface area contributed by atoms with E-state index < -0.39 is 17.8 Å². The maximum absolute atomic E-state index is 14.3. The predicted molar refractivity (Wildman–Crippen MR) is 108 cm³/mol. The summed E-state index contributed by atoms with van der Waals surface area (Å²) >= 11 is 3.44. The fourth-order valence-corrected chi connectivity index (χ4v) is 3.60. The van der Waals surface area contributed by atoms with E-state index in [1.807, 2.05) is 12.1 Å². The SMILES string of the molecule is C=C(N[C@@H](Cc1ccc(Br)c2c1OCCO2)C(=O)OC)c1c(C)cccc1F. The van der Waals surface area contributed by atoms with Crippen LogP contribution in [0.25, 0.3) is 5.70 Å². The Morgan fingerprint density at radius 2 is 2.00 bits per heavy atom. The van der Waals surface area contributed by atoms with Crippen LogP contribution in [-0.2, 0) is 16.0 Å². The van der Waals surface area contributed by atoms with E-state index in [2.05, 4.69) is 27.8 Å². The topological polar surface area (TPSA) is 56.8 Å². The molecule has 0 saturated heterocycles. The Balaban J connectivity index is 1.88. The molecule has 148 valence electrons. The first-order chi connectivity index (χ1) is 13.4. The lowest BCUT2D eigenvalue weighted by molar-refractivity contribution is -0.142. The number of fused-ring (bicyclic) bond motifs is 1. The van der Waals surface area contributed by atoms with Crippen molar-refractivity contribution >= 4 is 27.6 Å². The first-order valence-electron chi connectivity index (χ1n) is 8.78. The summed E-state index contributed by atoms with van der Waals surface area (Å²) in [6.45, 7) is 6.59. The highest BCUT2D eigenvalue weighted by Gasteiger charge is 2.26. The van der Waals surface area contributed by atoms with Gasteiger partial charge in [-0.2, -0.15) is 0 Å². The monoisotopic (exact) mass is 449 g/mol. The van der Waals surface area contributed by atoms with E-state index in [0.29, 0.717) is 36.0 Å². The molecule has 0 fully saturated rings. The van der Waals surface area contributed by atoms with Gasteiger partial charge in [0, 0.05) is 23.2 Å². The van der Waals surface area contributed by atoms with Crippen LogP contribution >= 0.6 is 15.9 Å². The number of benzene rings is 2. The van der Waals surface area contributed by atoms with E-state index in [9.17, 15) is 9.18 Å². The molecule has 0 amide bonds. The van der Waals surface area contributed by atoms with Crippen LogP contribution in [0.3, 0.4) is 0 Å². The van der Waals surface area contributed by atoms with Gasteiger partial charge in [0.05, 0.1) is 11.6 Å². The van der Waals surface area contributed by atoms with Crippen LogP contribution in [0.4, 0.5) is 4.39 Å². The van der Waals surface area contributed by atoms with Crippen LogP contribution < -0.4 is 14.8 Å². The fourth-order valence-electron chi connectivity index (χ4n) is 3.17. The molecule has 28 heavy (non-hydrogen) atoms. The van der Waals surface area contributed by atoms with Gasteiger partial charge in [0.2, 0.25) is 0 Å². The molecule has 1 N–H and O–H groups in total. The standard InChI is InChI=1S/C21H21BrFNO4/c1-12-5-4-6-16(23)18(12)13(2)24-17(21(25)26-3)11-14-7-8-15(22)20-19(14)27-9-10-28-20/h4-8,17,24H,2,9-11H2,1,3H3/t17-/m0/s1. The first kappa shape index (κ1) is 20.2. The lowest BCUT2D eigenvalue weighted by atomic mass is 10.0. The number of carbonyl (C=O) groups excluding carboxylic acids is 1. The average molecular weight is 450 g/mol. The van der Waals surface area contributed by atoms with Crippen molar-refractivity contribution in [2.24, 2.45) is 0 Å². The Morgan fingerprint density at radius 1 is 1.29 bits per heavy atom. The van der Waals surface area contributed by atoms with Crippen molar-refractivity contribution in [1.82, 2.24) is 5.32 Å². The molecule has 0 radical (unpaired) electrons. The van der Waals surface area contributed by atoms with Crippen molar-refractivity contribution in [1.29, 1.82) is 0 Å². The van der Waals surface area contributed by atoms with E-state index in [-0.39, 0.29) is 6.42 Å². The van der Waals surface area contributed by atoms with Crippen LogP contribution in [0.15, 0.2) is 41.4 Å². The maximum atomic E-state index is 14.3. The van der Waals surface area contributed by atoms with Gasteiger partial charge < -0.3 is 19.5 Å². The molecule has 3 rings (SSSR count). The third kappa shape index (κ3) is 4.14. The second-order valence-electron chi connectivity index (χ2n) is 6.40. The molecule has 1 aliphatic heterocycles. The lowest BCUT2D eigenvalue weighted by Crippen LogP contribution is -2.38. The number of halogens is 2. The van der Waals surface area contributed by atoms with E-state index >= 15 is 0 Å². The quantitative estimate of drug-likeness (QED) is 0.675. The van der Waals surface area contributed by atoms with E-state index in [1.54, 1.807) is 19.1 Å². The minimum atomic E-state index is -0.771. The molecular weight excluding hydrogens is 429 g/mol. The molecule has 0 saturated carbocycles. The van der Waals surface area contributed by atoms with Crippen molar-refractivity contribution in [3.05, 3.63) is 63.9 Å². The number of aryl methyl sites for hydroxylation is 1. The third-order valence-electron chi connectivity index (χ3n) is 4.50. The molecule has 0 spiro atoms. The Morgan fingerprint density at radius 3 is 2.68 bits per heavy atom. The molecule has 0 unspecified atom stereocenters. The number of hydrogen-bond acceptors (Lipinski definition) is 5. The molecule has 0 aromatic heterocycles.